The number of thiocarbonyl (C=S) groups is 1. The average Bonchev–Trinajstić information content (AvgIpc) is 3.16. The van der Waals surface area contributed by atoms with Crippen LogP contribution in [-0.2, 0) is 4.74 Å². The Labute approximate surface area is 162 Å². The summed E-state index contributed by atoms with van der Waals surface area (Å²) in [4.78, 5) is 14.3. The lowest BCUT2D eigenvalue weighted by molar-refractivity contribution is 0.0303. The van der Waals surface area contributed by atoms with Crippen molar-refractivity contribution in [3.05, 3.63) is 48.0 Å². The SMILES string of the molecule is O=C(c1ccc(NC(=S)Nc2ccc3c(c2)OCO3)cc1)N1CCOCC1. The van der Waals surface area contributed by atoms with Crippen molar-refractivity contribution in [2.75, 3.05) is 43.7 Å². The Morgan fingerprint density at radius 2 is 1.59 bits per heavy atom. The fourth-order valence-corrected chi connectivity index (χ4v) is 3.15. The molecule has 2 aliphatic rings. The summed E-state index contributed by atoms with van der Waals surface area (Å²) >= 11 is 5.35. The monoisotopic (exact) mass is 385 g/mol. The van der Waals surface area contributed by atoms with E-state index in [1.165, 1.54) is 0 Å². The highest BCUT2D eigenvalue weighted by molar-refractivity contribution is 7.80. The number of rotatable bonds is 3. The number of anilines is 2. The van der Waals surface area contributed by atoms with Crippen molar-refractivity contribution < 1.29 is 19.0 Å². The quantitative estimate of drug-likeness (QED) is 0.787. The fraction of sp³-hybridized carbons (Fsp3) is 0.263. The molecule has 2 aromatic carbocycles. The van der Waals surface area contributed by atoms with E-state index in [4.69, 9.17) is 26.4 Å². The molecule has 0 radical (unpaired) electrons. The number of ether oxygens (including phenoxy) is 3. The molecule has 1 amide bonds. The van der Waals surface area contributed by atoms with Crippen LogP contribution in [0, 0.1) is 0 Å². The molecule has 1 fully saturated rings. The first-order valence-electron chi connectivity index (χ1n) is 8.64. The molecule has 7 nitrogen and oxygen atoms in total. The van der Waals surface area contributed by atoms with Crippen LogP contribution in [0.3, 0.4) is 0 Å². The molecule has 0 unspecified atom stereocenters. The van der Waals surface area contributed by atoms with E-state index in [1.807, 2.05) is 30.3 Å². The predicted molar refractivity (Wildman–Crippen MR) is 106 cm³/mol. The minimum absolute atomic E-state index is 0.0194. The molecule has 27 heavy (non-hydrogen) atoms. The van der Waals surface area contributed by atoms with Gasteiger partial charge in [0.2, 0.25) is 6.79 Å². The number of fused-ring (bicyclic) bond motifs is 1. The van der Waals surface area contributed by atoms with Crippen molar-refractivity contribution in [2.45, 2.75) is 0 Å². The Balaban J connectivity index is 1.35. The molecule has 8 heteroatoms. The maximum Gasteiger partial charge on any atom is 0.254 e. The van der Waals surface area contributed by atoms with E-state index < -0.39 is 0 Å². The van der Waals surface area contributed by atoms with Gasteiger partial charge < -0.3 is 29.7 Å². The standard InChI is InChI=1S/C19H19N3O4S/c23-18(22-7-9-24-10-8-22)13-1-3-14(4-2-13)20-19(27)21-15-5-6-16-17(11-15)26-12-25-16/h1-6,11H,7-10,12H2,(H2,20,21,27). The van der Waals surface area contributed by atoms with Crippen LogP contribution in [0.25, 0.3) is 0 Å². The number of hydrogen-bond acceptors (Lipinski definition) is 5. The maximum absolute atomic E-state index is 12.5. The van der Waals surface area contributed by atoms with E-state index >= 15 is 0 Å². The van der Waals surface area contributed by atoms with E-state index in [0.717, 1.165) is 17.1 Å². The number of nitrogens with one attached hydrogen (secondary N) is 2. The third kappa shape index (κ3) is 4.12. The Morgan fingerprint density at radius 1 is 0.926 bits per heavy atom. The highest BCUT2D eigenvalue weighted by Gasteiger charge is 2.18. The molecule has 2 heterocycles. The lowest BCUT2D eigenvalue weighted by atomic mass is 10.1. The number of nitrogens with zero attached hydrogens (tertiary/aromatic N) is 1. The normalized spacial score (nSPS) is 15.3. The summed E-state index contributed by atoms with van der Waals surface area (Å²) < 4.78 is 15.9. The van der Waals surface area contributed by atoms with Gasteiger partial charge in [-0.3, -0.25) is 4.79 Å². The van der Waals surface area contributed by atoms with Crippen molar-refractivity contribution in [1.82, 2.24) is 4.90 Å². The Morgan fingerprint density at radius 3 is 2.37 bits per heavy atom. The maximum atomic E-state index is 12.5. The lowest BCUT2D eigenvalue weighted by Crippen LogP contribution is -2.40. The van der Waals surface area contributed by atoms with Crippen molar-refractivity contribution in [1.29, 1.82) is 0 Å². The van der Waals surface area contributed by atoms with Crippen LogP contribution >= 0.6 is 12.2 Å². The Bertz CT molecular complexity index is 851. The molecule has 2 aromatic rings. The molecule has 0 aliphatic carbocycles. The van der Waals surface area contributed by atoms with Gasteiger partial charge in [0.05, 0.1) is 13.2 Å². The van der Waals surface area contributed by atoms with Gasteiger partial charge in [0.25, 0.3) is 5.91 Å². The molecule has 2 aliphatic heterocycles. The summed E-state index contributed by atoms with van der Waals surface area (Å²) in [6.45, 7) is 2.66. The van der Waals surface area contributed by atoms with Gasteiger partial charge >= 0.3 is 0 Å². The molecule has 140 valence electrons. The molecule has 0 bridgehead atoms. The minimum Gasteiger partial charge on any atom is -0.454 e. The molecule has 4 rings (SSSR count). The first-order chi connectivity index (χ1) is 13.2. The minimum atomic E-state index is 0.0194. The van der Waals surface area contributed by atoms with Crippen molar-refractivity contribution in [3.63, 3.8) is 0 Å². The summed E-state index contributed by atoms with van der Waals surface area (Å²) in [6, 6.07) is 12.8. The predicted octanol–water partition coefficient (Wildman–Crippen LogP) is 2.70. The number of amides is 1. The van der Waals surface area contributed by atoms with Crippen molar-refractivity contribution in [3.8, 4) is 11.5 Å². The number of carbonyl (C=O) groups is 1. The zero-order chi connectivity index (χ0) is 18.6. The van der Waals surface area contributed by atoms with Crippen LogP contribution in [0.1, 0.15) is 10.4 Å². The van der Waals surface area contributed by atoms with Crippen molar-refractivity contribution in [2.24, 2.45) is 0 Å². The van der Waals surface area contributed by atoms with Gasteiger partial charge in [-0.25, -0.2) is 0 Å². The van der Waals surface area contributed by atoms with Gasteiger partial charge in [-0.05, 0) is 48.6 Å². The average molecular weight is 385 g/mol. The van der Waals surface area contributed by atoms with Crippen LogP contribution in [0.15, 0.2) is 42.5 Å². The summed E-state index contributed by atoms with van der Waals surface area (Å²) in [7, 11) is 0. The van der Waals surface area contributed by atoms with Gasteiger partial charge in [0.1, 0.15) is 0 Å². The topological polar surface area (TPSA) is 72.1 Å². The fourth-order valence-electron chi connectivity index (χ4n) is 2.91. The van der Waals surface area contributed by atoms with Gasteiger partial charge in [0, 0.05) is 36.1 Å². The van der Waals surface area contributed by atoms with Crippen LogP contribution in [0.4, 0.5) is 11.4 Å². The second kappa shape index (κ2) is 7.81. The van der Waals surface area contributed by atoms with Crippen LogP contribution in [0.5, 0.6) is 11.5 Å². The van der Waals surface area contributed by atoms with E-state index in [0.29, 0.717) is 42.7 Å². The van der Waals surface area contributed by atoms with Gasteiger partial charge in [-0.2, -0.15) is 0 Å². The molecule has 0 spiro atoms. The summed E-state index contributed by atoms with van der Waals surface area (Å²) in [6.07, 6.45) is 0. The highest BCUT2D eigenvalue weighted by atomic mass is 32.1. The van der Waals surface area contributed by atoms with E-state index in [9.17, 15) is 4.79 Å². The van der Waals surface area contributed by atoms with Crippen LogP contribution < -0.4 is 20.1 Å². The zero-order valence-electron chi connectivity index (χ0n) is 14.6. The zero-order valence-corrected chi connectivity index (χ0v) is 15.4. The van der Waals surface area contributed by atoms with Crippen molar-refractivity contribution >= 4 is 34.6 Å². The smallest absolute Gasteiger partial charge is 0.254 e. The van der Waals surface area contributed by atoms with E-state index in [2.05, 4.69) is 10.6 Å². The molecule has 2 N–H and O–H groups in total. The summed E-state index contributed by atoms with van der Waals surface area (Å²) in [5.74, 6) is 1.43. The number of hydrogen-bond donors (Lipinski definition) is 2. The molecular formula is C19H19N3O4S. The third-order valence-corrected chi connectivity index (χ3v) is 4.52. The first kappa shape index (κ1) is 17.6. The molecule has 1 saturated heterocycles. The van der Waals surface area contributed by atoms with E-state index in [-0.39, 0.29) is 12.7 Å². The molecule has 0 saturated carbocycles. The van der Waals surface area contributed by atoms with Crippen LogP contribution in [-0.4, -0.2) is 49.0 Å². The number of morpholine rings is 1. The summed E-state index contributed by atoms with van der Waals surface area (Å²) in [5, 5.41) is 6.66. The highest BCUT2D eigenvalue weighted by Crippen LogP contribution is 2.34. The Hall–Kier alpha value is -2.84. The largest absolute Gasteiger partial charge is 0.454 e. The van der Waals surface area contributed by atoms with Gasteiger partial charge in [-0.15, -0.1) is 0 Å². The van der Waals surface area contributed by atoms with Gasteiger partial charge in [0.15, 0.2) is 16.6 Å². The molecular weight excluding hydrogens is 366 g/mol. The Kier molecular flexibility index (Phi) is 5.08. The second-order valence-corrected chi connectivity index (χ2v) is 6.54. The van der Waals surface area contributed by atoms with Crippen LogP contribution in [0.2, 0.25) is 0 Å². The number of carbonyl (C=O) groups excluding carboxylic acids is 1. The molecule has 0 aromatic heterocycles. The second-order valence-electron chi connectivity index (χ2n) is 6.13. The van der Waals surface area contributed by atoms with E-state index in [1.54, 1.807) is 17.0 Å². The molecule has 0 atom stereocenters. The number of benzene rings is 2. The third-order valence-electron chi connectivity index (χ3n) is 4.32. The first-order valence-corrected chi connectivity index (χ1v) is 9.04. The lowest BCUT2D eigenvalue weighted by Gasteiger charge is -2.26. The summed E-state index contributed by atoms with van der Waals surface area (Å²) in [5.41, 5.74) is 2.25. The van der Waals surface area contributed by atoms with Gasteiger partial charge in [-0.1, -0.05) is 0 Å².